The fourth-order valence-corrected chi connectivity index (χ4v) is 8.36. The molecule has 0 saturated carbocycles. The minimum atomic E-state index is 0.0253. The van der Waals surface area contributed by atoms with Gasteiger partial charge in [0.2, 0.25) is 0 Å². The van der Waals surface area contributed by atoms with Crippen LogP contribution in [0.25, 0.3) is 70.2 Å². The van der Waals surface area contributed by atoms with Gasteiger partial charge in [-0.05, 0) is 67.8 Å². The highest BCUT2D eigenvalue weighted by Crippen LogP contribution is 2.55. The third-order valence-corrected chi connectivity index (χ3v) is 10.3. The first kappa shape index (κ1) is 22.7. The molecule has 2 nitrogen and oxygen atoms in total. The van der Waals surface area contributed by atoms with Crippen molar-refractivity contribution in [2.24, 2.45) is 0 Å². The number of ether oxygens (including phenoxy) is 1. The maximum Gasteiger partial charge on any atom is 0.128 e. The van der Waals surface area contributed by atoms with Crippen molar-refractivity contribution < 1.29 is 4.74 Å². The predicted molar refractivity (Wildman–Crippen MR) is 175 cm³/mol. The summed E-state index contributed by atoms with van der Waals surface area (Å²) in [6.07, 6.45) is 6.90. The van der Waals surface area contributed by atoms with Crippen LogP contribution < -0.4 is 4.74 Å². The van der Waals surface area contributed by atoms with Crippen molar-refractivity contribution in [2.75, 3.05) is 0 Å². The van der Waals surface area contributed by atoms with Crippen molar-refractivity contribution in [1.82, 2.24) is 4.98 Å². The van der Waals surface area contributed by atoms with E-state index in [1.807, 2.05) is 0 Å². The van der Waals surface area contributed by atoms with Crippen LogP contribution in [0.4, 0.5) is 0 Å². The van der Waals surface area contributed by atoms with E-state index in [-0.39, 0.29) is 12.0 Å². The monoisotopic (exact) mass is 553 g/mol. The molecule has 1 aliphatic heterocycles. The average molecular weight is 554 g/mol. The number of hydrogen-bond acceptors (Lipinski definition) is 3. The third-order valence-electron chi connectivity index (χ3n) is 9.19. The molecule has 0 amide bonds. The first-order valence-electron chi connectivity index (χ1n) is 14.5. The highest BCUT2D eigenvalue weighted by Gasteiger charge is 2.37. The summed E-state index contributed by atoms with van der Waals surface area (Å²) in [5.41, 5.74) is 11.2. The Morgan fingerprint density at radius 3 is 2.33 bits per heavy atom. The van der Waals surface area contributed by atoms with E-state index < -0.39 is 0 Å². The number of rotatable bonds is 2. The topological polar surface area (TPSA) is 22.1 Å². The van der Waals surface area contributed by atoms with Gasteiger partial charge in [-0.1, -0.05) is 109 Å². The number of allylic oxidation sites excluding steroid dienone is 2. The van der Waals surface area contributed by atoms with E-state index in [4.69, 9.17) is 9.72 Å². The molecular formula is C39H23NOS. The van der Waals surface area contributed by atoms with Gasteiger partial charge in [0, 0.05) is 22.4 Å². The molecule has 0 radical (unpaired) electrons. The molecule has 10 rings (SSSR count). The van der Waals surface area contributed by atoms with E-state index in [9.17, 15) is 0 Å². The van der Waals surface area contributed by atoms with Crippen molar-refractivity contribution in [1.29, 1.82) is 0 Å². The summed E-state index contributed by atoms with van der Waals surface area (Å²) in [6, 6.07) is 39.5. The summed E-state index contributed by atoms with van der Waals surface area (Å²) in [5, 5.41) is 6.26. The molecule has 2 atom stereocenters. The number of aromatic nitrogens is 1. The first-order valence-corrected chi connectivity index (χ1v) is 15.3. The maximum absolute atomic E-state index is 6.58. The number of nitrogens with zero attached hydrogens (tertiary/aromatic N) is 1. The Kier molecular flexibility index (Phi) is 4.47. The second-order valence-corrected chi connectivity index (χ2v) is 12.4. The number of thiazole rings is 1. The molecule has 0 N–H and O–H groups in total. The van der Waals surface area contributed by atoms with Gasteiger partial charge in [0.15, 0.2) is 0 Å². The van der Waals surface area contributed by atoms with Gasteiger partial charge in [0.1, 0.15) is 16.9 Å². The first-order chi connectivity index (χ1) is 20.8. The largest absolute Gasteiger partial charge is 0.485 e. The van der Waals surface area contributed by atoms with E-state index in [1.165, 1.54) is 65.2 Å². The Bertz CT molecular complexity index is 2340. The van der Waals surface area contributed by atoms with Crippen LogP contribution in [0.15, 0.2) is 127 Å². The second-order valence-electron chi connectivity index (χ2n) is 11.4. The third kappa shape index (κ3) is 3.06. The quantitative estimate of drug-likeness (QED) is 0.212. The lowest BCUT2D eigenvalue weighted by molar-refractivity contribution is 0.269. The Labute approximate surface area is 246 Å². The summed E-state index contributed by atoms with van der Waals surface area (Å²) in [4.78, 5) is 4.98. The minimum Gasteiger partial charge on any atom is -0.485 e. The van der Waals surface area contributed by atoms with Gasteiger partial charge in [0.25, 0.3) is 0 Å². The molecule has 6 aromatic carbocycles. The predicted octanol–water partition coefficient (Wildman–Crippen LogP) is 10.4. The lowest BCUT2D eigenvalue weighted by Crippen LogP contribution is -2.17. The van der Waals surface area contributed by atoms with Gasteiger partial charge in [-0.3, -0.25) is 0 Å². The van der Waals surface area contributed by atoms with E-state index >= 15 is 0 Å². The highest BCUT2D eigenvalue weighted by atomic mass is 32.1. The van der Waals surface area contributed by atoms with Crippen LogP contribution in [0, 0.1) is 0 Å². The molecule has 1 aromatic heterocycles. The van der Waals surface area contributed by atoms with Crippen LogP contribution in [-0.4, -0.2) is 11.1 Å². The molecule has 2 heterocycles. The smallest absolute Gasteiger partial charge is 0.128 e. The van der Waals surface area contributed by atoms with Gasteiger partial charge in [-0.15, -0.1) is 11.3 Å². The molecular weight excluding hydrogens is 531 g/mol. The van der Waals surface area contributed by atoms with Crippen molar-refractivity contribution >= 4 is 48.7 Å². The summed E-state index contributed by atoms with van der Waals surface area (Å²) >= 11 is 1.77. The highest BCUT2D eigenvalue weighted by molar-refractivity contribution is 7.22. The Morgan fingerprint density at radius 1 is 0.667 bits per heavy atom. The molecule has 0 saturated heterocycles. The van der Waals surface area contributed by atoms with E-state index in [0.29, 0.717) is 0 Å². The van der Waals surface area contributed by atoms with Crippen LogP contribution in [0.2, 0.25) is 0 Å². The molecule has 42 heavy (non-hydrogen) atoms. The van der Waals surface area contributed by atoms with Crippen LogP contribution in [0.5, 0.6) is 5.75 Å². The van der Waals surface area contributed by atoms with Crippen molar-refractivity contribution in [2.45, 2.75) is 12.0 Å². The zero-order valence-electron chi connectivity index (χ0n) is 22.5. The molecule has 0 spiro atoms. The Balaban J connectivity index is 1.04. The molecule has 196 valence electrons. The van der Waals surface area contributed by atoms with Crippen LogP contribution in [0.3, 0.4) is 0 Å². The summed E-state index contributed by atoms with van der Waals surface area (Å²) in [6.45, 7) is 0. The fraction of sp³-hybridized carbons (Fsp3) is 0.0513. The van der Waals surface area contributed by atoms with Crippen molar-refractivity contribution in [3.8, 4) is 38.6 Å². The van der Waals surface area contributed by atoms with Crippen LogP contribution >= 0.6 is 11.3 Å². The zero-order chi connectivity index (χ0) is 27.4. The van der Waals surface area contributed by atoms with Crippen molar-refractivity contribution in [3.63, 3.8) is 0 Å². The van der Waals surface area contributed by atoms with Gasteiger partial charge in [0.05, 0.1) is 10.2 Å². The molecule has 3 heteroatoms. The number of benzene rings is 6. The zero-order valence-corrected chi connectivity index (χ0v) is 23.4. The van der Waals surface area contributed by atoms with Gasteiger partial charge in [-0.25, -0.2) is 4.98 Å². The standard InChI is InChI=1S/C39H23NOS/c1-2-7-26-23(6-1)16-18-33-38(26)42-39(40-33)24-14-12-22(13-15-24)25-17-19-34-32(20-25)37-30-11-5-10-29-27-8-3-4-9-28(27)31(36(29)30)21-35(37)41-34/h1-21,32,34H. The molecule has 3 aliphatic rings. The maximum atomic E-state index is 6.58. The van der Waals surface area contributed by atoms with Gasteiger partial charge < -0.3 is 4.74 Å². The molecule has 7 aromatic rings. The summed E-state index contributed by atoms with van der Waals surface area (Å²) in [5.74, 6) is 1.20. The number of hydrogen-bond donors (Lipinski definition) is 0. The minimum absolute atomic E-state index is 0.0253. The van der Waals surface area contributed by atoms with E-state index in [0.717, 1.165) is 21.8 Å². The van der Waals surface area contributed by atoms with Crippen molar-refractivity contribution in [3.05, 3.63) is 139 Å². The van der Waals surface area contributed by atoms with Crippen LogP contribution in [-0.2, 0) is 0 Å². The Hall–Kier alpha value is -4.99. The Morgan fingerprint density at radius 2 is 1.43 bits per heavy atom. The molecule has 2 aliphatic carbocycles. The van der Waals surface area contributed by atoms with Gasteiger partial charge >= 0.3 is 0 Å². The second kappa shape index (κ2) is 8.28. The SMILES string of the molecule is C1=CC2Oc3cc4c5c(cccc5c3C2C=C1c1ccc(-c2nc3ccc5ccccc5c3s2)cc1)-c1ccccc1-4. The normalized spacial score (nSPS) is 17.8. The van der Waals surface area contributed by atoms with Crippen LogP contribution in [0.1, 0.15) is 17.0 Å². The summed E-state index contributed by atoms with van der Waals surface area (Å²) in [7, 11) is 0. The molecule has 0 bridgehead atoms. The number of fused-ring (bicyclic) bond motifs is 10. The van der Waals surface area contributed by atoms with E-state index in [1.54, 1.807) is 11.3 Å². The summed E-state index contributed by atoms with van der Waals surface area (Å²) < 4.78 is 7.83. The fourth-order valence-electron chi connectivity index (χ4n) is 7.26. The lowest BCUT2D eigenvalue weighted by atomic mass is 9.84. The van der Waals surface area contributed by atoms with Gasteiger partial charge in [-0.2, -0.15) is 0 Å². The average Bonchev–Trinajstić information content (AvgIpc) is 3.74. The molecule has 0 fully saturated rings. The lowest BCUT2D eigenvalue weighted by Gasteiger charge is -2.19. The molecule has 2 unspecified atom stereocenters. The van der Waals surface area contributed by atoms with E-state index in [2.05, 4.69) is 127 Å².